The molecule has 2 aromatic rings. The van der Waals surface area contributed by atoms with E-state index in [9.17, 15) is 4.79 Å². The van der Waals surface area contributed by atoms with Gasteiger partial charge in [-0.1, -0.05) is 55.5 Å². The highest BCUT2D eigenvalue weighted by Crippen LogP contribution is 2.25. The molecule has 0 spiro atoms. The van der Waals surface area contributed by atoms with Crippen molar-refractivity contribution in [2.45, 2.75) is 32.2 Å². The van der Waals surface area contributed by atoms with Crippen LogP contribution in [0.25, 0.3) is 0 Å². The molecular formula is C18H22N2O. The van der Waals surface area contributed by atoms with Crippen molar-refractivity contribution in [2.75, 3.05) is 5.32 Å². The highest BCUT2D eigenvalue weighted by atomic mass is 16.1. The Bertz CT molecular complexity index is 610. The molecule has 0 fully saturated rings. The number of hydrogen-bond acceptors (Lipinski definition) is 2. The maximum Gasteiger partial charge on any atom is 0.243 e. The number of aryl methyl sites for hydroxylation is 1. The summed E-state index contributed by atoms with van der Waals surface area (Å²) in [5, 5.41) is 3.38. The molecule has 0 aliphatic carbocycles. The van der Waals surface area contributed by atoms with Crippen LogP contribution >= 0.6 is 0 Å². The van der Waals surface area contributed by atoms with Crippen LogP contribution in [0, 0.1) is 6.92 Å². The highest BCUT2D eigenvalue weighted by molar-refractivity contribution is 5.88. The summed E-state index contributed by atoms with van der Waals surface area (Å²) < 4.78 is 0. The molecule has 2 aromatic carbocycles. The Morgan fingerprint density at radius 1 is 1.10 bits per heavy atom. The van der Waals surface area contributed by atoms with Gasteiger partial charge in [-0.25, -0.2) is 0 Å². The van der Waals surface area contributed by atoms with Gasteiger partial charge < -0.3 is 11.1 Å². The molecule has 0 saturated carbocycles. The lowest BCUT2D eigenvalue weighted by molar-refractivity contribution is -0.122. The molecule has 3 heteroatoms. The first-order valence-electron chi connectivity index (χ1n) is 7.25. The Morgan fingerprint density at radius 3 is 2.29 bits per heavy atom. The molecule has 0 aliphatic heterocycles. The van der Waals surface area contributed by atoms with Gasteiger partial charge in [0, 0.05) is 12.1 Å². The van der Waals surface area contributed by atoms with E-state index in [2.05, 4.69) is 5.32 Å². The SMILES string of the molecule is CCC(Cc1ccccc1)(Nc1ccccc1C)C(N)=O. The van der Waals surface area contributed by atoms with E-state index in [0.717, 1.165) is 16.8 Å². The molecule has 3 N–H and O–H groups in total. The van der Waals surface area contributed by atoms with Crippen molar-refractivity contribution in [3.63, 3.8) is 0 Å². The lowest BCUT2D eigenvalue weighted by Crippen LogP contribution is -2.52. The van der Waals surface area contributed by atoms with Gasteiger partial charge in [-0.15, -0.1) is 0 Å². The fourth-order valence-corrected chi connectivity index (χ4v) is 2.50. The second-order valence-electron chi connectivity index (χ2n) is 5.40. The molecule has 0 bridgehead atoms. The average Bonchev–Trinajstić information content (AvgIpc) is 2.49. The third kappa shape index (κ3) is 3.43. The minimum atomic E-state index is -0.770. The topological polar surface area (TPSA) is 55.1 Å². The Kier molecular flexibility index (Phi) is 4.63. The first-order chi connectivity index (χ1) is 10.1. The second kappa shape index (κ2) is 6.44. The van der Waals surface area contributed by atoms with E-state index < -0.39 is 5.54 Å². The number of amides is 1. The van der Waals surface area contributed by atoms with E-state index in [1.165, 1.54) is 0 Å². The highest BCUT2D eigenvalue weighted by Gasteiger charge is 2.35. The summed E-state index contributed by atoms with van der Waals surface area (Å²) in [5.74, 6) is -0.322. The van der Waals surface area contributed by atoms with Gasteiger partial charge in [0.2, 0.25) is 5.91 Å². The average molecular weight is 282 g/mol. The largest absolute Gasteiger partial charge is 0.371 e. The molecule has 21 heavy (non-hydrogen) atoms. The number of hydrogen-bond donors (Lipinski definition) is 2. The lowest BCUT2D eigenvalue weighted by Gasteiger charge is -2.32. The van der Waals surface area contributed by atoms with Gasteiger partial charge in [0.15, 0.2) is 0 Å². The summed E-state index contributed by atoms with van der Waals surface area (Å²) in [6.45, 7) is 4.01. The van der Waals surface area contributed by atoms with E-state index in [4.69, 9.17) is 5.73 Å². The van der Waals surface area contributed by atoms with Crippen LogP contribution in [0.1, 0.15) is 24.5 Å². The van der Waals surface area contributed by atoms with Gasteiger partial charge in [0.1, 0.15) is 5.54 Å². The van der Waals surface area contributed by atoms with E-state index in [1.54, 1.807) is 0 Å². The van der Waals surface area contributed by atoms with Crippen molar-refractivity contribution in [2.24, 2.45) is 5.73 Å². The van der Waals surface area contributed by atoms with E-state index >= 15 is 0 Å². The number of primary amides is 1. The number of carbonyl (C=O) groups excluding carboxylic acids is 1. The Morgan fingerprint density at radius 2 is 1.71 bits per heavy atom. The van der Waals surface area contributed by atoms with Crippen LogP contribution in [-0.2, 0) is 11.2 Å². The van der Waals surface area contributed by atoms with Crippen LogP contribution in [0.3, 0.4) is 0 Å². The van der Waals surface area contributed by atoms with Gasteiger partial charge in [0.25, 0.3) is 0 Å². The van der Waals surface area contributed by atoms with E-state index in [-0.39, 0.29) is 5.91 Å². The number of nitrogens with one attached hydrogen (secondary N) is 1. The minimum Gasteiger partial charge on any atom is -0.371 e. The maximum absolute atomic E-state index is 12.1. The van der Waals surface area contributed by atoms with Crippen molar-refractivity contribution < 1.29 is 4.79 Å². The maximum atomic E-state index is 12.1. The number of rotatable bonds is 6. The molecule has 0 heterocycles. The molecule has 0 saturated heterocycles. The summed E-state index contributed by atoms with van der Waals surface area (Å²) in [6.07, 6.45) is 1.21. The summed E-state index contributed by atoms with van der Waals surface area (Å²) in [6, 6.07) is 17.9. The second-order valence-corrected chi connectivity index (χ2v) is 5.40. The van der Waals surface area contributed by atoms with Crippen LogP contribution in [0.15, 0.2) is 54.6 Å². The van der Waals surface area contributed by atoms with Gasteiger partial charge >= 0.3 is 0 Å². The summed E-state index contributed by atoms with van der Waals surface area (Å²) in [5.41, 5.74) is 8.11. The molecule has 1 atom stereocenters. The quantitative estimate of drug-likeness (QED) is 0.854. The fourth-order valence-electron chi connectivity index (χ4n) is 2.50. The van der Waals surface area contributed by atoms with E-state index in [1.807, 2.05) is 68.4 Å². The summed E-state index contributed by atoms with van der Waals surface area (Å²) in [7, 11) is 0. The molecule has 0 aromatic heterocycles. The van der Waals surface area contributed by atoms with Crippen molar-refractivity contribution >= 4 is 11.6 Å². The van der Waals surface area contributed by atoms with Gasteiger partial charge in [-0.2, -0.15) is 0 Å². The van der Waals surface area contributed by atoms with Crippen molar-refractivity contribution in [3.8, 4) is 0 Å². The van der Waals surface area contributed by atoms with Crippen molar-refractivity contribution in [1.29, 1.82) is 0 Å². The predicted molar refractivity (Wildman–Crippen MR) is 87.2 cm³/mol. The van der Waals surface area contributed by atoms with Gasteiger partial charge in [-0.05, 0) is 30.5 Å². The van der Waals surface area contributed by atoms with E-state index in [0.29, 0.717) is 12.8 Å². The Labute approximate surface area is 126 Å². The zero-order valence-electron chi connectivity index (χ0n) is 12.6. The molecule has 1 amide bonds. The molecular weight excluding hydrogens is 260 g/mol. The zero-order valence-corrected chi connectivity index (χ0v) is 12.6. The normalized spacial score (nSPS) is 13.4. The standard InChI is InChI=1S/C18H22N2O/c1-3-18(17(19)21,13-15-10-5-4-6-11-15)20-16-12-8-7-9-14(16)2/h4-12,20H,3,13H2,1-2H3,(H2,19,21). The third-order valence-corrected chi connectivity index (χ3v) is 3.94. The minimum absolute atomic E-state index is 0.322. The lowest BCUT2D eigenvalue weighted by atomic mass is 9.86. The summed E-state index contributed by atoms with van der Waals surface area (Å²) >= 11 is 0. The number of carbonyl (C=O) groups is 1. The molecule has 1 unspecified atom stereocenters. The fraction of sp³-hybridized carbons (Fsp3) is 0.278. The van der Waals surface area contributed by atoms with Crippen LogP contribution < -0.4 is 11.1 Å². The first kappa shape index (κ1) is 15.1. The monoisotopic (exact) mass is 282 g/mol. The van der Waals surface area contributed by atoms with Gasteiger partial charge in [0.05, 0.1) is 0 Å². The van der Waals surface area contributed by atoms with Crippen LogP contribution in [0.5, 0.6) is 0 Å². The smallest absolute Gasteiger partial charge is 0.243 e. The van der Waals surface area contributed by atoms with Crippen LogP contribution in [-0.4, -0.2) is 11.4 Å². The summed E-state index contributed by atoms with van der Waals surface area (Å²) in [4.78, 5) is 12.1. The molecule has 2 rings (SSSR count). The first-order valence-corrected chi connectivity index (χ1v) is 7.25. The molecule has 3 nitrogen and oxygen atoms in total. The van der Waals surface area contributed by atoms with Crippen molar-refractivity contribution in [1.82, 2.24) is 0 Å². The molecule has 0 aliphatic rings. The number of benzene rings is 2. The Hall–Kier alpha value is -2.29. The number of nitrogens with two attached hydrogens (primary N) is 1. The Balaban J connectivity index is 2.33. The van der Waals surface area contributed by atoms with Crippen LogP contribution in [0.2, 0.25) is 0 Å². The third-order valence-electron chi connectivity index (χ3n) is 3.94. The predicted octanol–water partition coefficient (Wildman–Crippen LogP) is 3.28. The molecule has 110 valence electrons. The van der Waals surface area contributed by atoms with Gasteiger partial charge in [-0.3, -0.25) is 4.79 Å². The number of para-hydroxylation sites is 1. The number of anilines is 1. The molecule has 0 radical (unpaired) electrons. The van der Waals surface area contributed by atoms with Crippen molar-refractivity contribution in [3.05, 3.63) is 65.7 Å². The zero-order chi connectivity index (χ0) is 15.3. The van der Waals surface area contributed by atoms with Crippen LogP contribution in [0.4, 0.5) is 5.69 Å².